The van der Waals surface area contributed by atoms with E-state index in [1.54, 1.807) is 11.4 Å². The van der Waals surface area contributed by atoms with E-state index in [9.17, 15) is 17.6 Å². The Labute approximate surface area is 148 Å². The van der Waals surface area contributed by atoms with Gasteiger partial charge in [0.15, 0.2) is 0 Å². The van der Waals surface area contributed by atoms with Crippen molar-refractivity contribution in [3.8, 4) is 0 Å². The van der Waals surface area contributed by atoms with Crippen LogP contribution in [0.4, 0.5) is 10.1 Å². The van der Waals surface area contributed by atoms with Crippen LogP contribution in [0.2, 0.25) is 0 Å². The van der Waals surface area contributed by atoms with Gasteiger partial charge in [0.05, 0.1) is 0 Å². The maximum atomic E-state index is 12.9. The number of benzene rings is 1. The van der Waals surface area contributed by atoms with Crippen LogP contribution in [0.25, 0.3) is 0 Å². The minimum atomic E-state index is -3.75. The fourth-order valence-electron chi connectivity index (χ4n) is 1.90. The van der Waals surface area contributed by atoms with E-state index in [2.05, 4.69) is 10.0 Å². The van der Waals surface area contributed by atoms with Crippen LogP contribution in [0.3, 0.4) is 0 Å². The van der Waals surface area contributed by atoms with Crippen molar-refractivity contribution >= 4 is 44.7 Å². The lowest BCUT2D eigenvalue weighted by molar-refractivity contribution is -0.117. The summed E-state index contributed by atoms with van der Waals surface area (Å²) < 4.78 is 40.2. The number of hydrogen-bond acceptors (Lipinski definition) is 5. The zero-order valence-electron chi connectivity index (χ0n) is 12.9. The zero-order chi connectivity index (χ0) is 17.6. The van der Waals surface area contributed by atoms with Gasteiger partial charge in [-0.05, 0) is 54.1 Å². The highest BCUT2D eigenvalue weighted by molar-refractivity contribution is 7.98. The first-order valence-corrected chi connectivity index (χ1v) is 10.8. The van der Waals surface area contributed by atoms with Gasteiger partial charge < -0.3 is 5.32 Å². The number of halogens is 1. The van der Waals surface area contributed by atoms with Crippen molar-refractivity contribution in [2.75, 3.05) is 17.3 Å². The van der Waals surface area contributed by atoms with Crippen LogP contribution >= 0.6 is 23.1 Å². The molecule has 1 amide bonds. The monoisotopic (exact) mass is 388 g/mol. The molecule has 2 N–H and O–H groups in total. The Balaban J connectivity index is 2.12. The molecule has 1 unspecified atom stereocenters. The second-order valence-corrected chi connectivity index (χ2v) is 8.76. The largest absolute Gasteiger partial charge is 0.325 e. The summed E-state index contributed by atoms with van der Waals surface area (Å²) in [5.41, 5.74) is 0.408. The Bertz CT molecular complexity index is 762. The number of thiophene rings is 1. The molecule has 0 bridgehead atoms. The van der Waals surface area contributed by atoms with Gasteiger partial charge in [0.2, 0.25) is 5.91 Å². The Morgan fingerprint density at radius 3 is 2.58 bits per heavy atom. The van der Waals surface area contributed by atoms with Gasteiger partial charge >= 0.3 is 0 Å². The molecule has 2 aromatic rings. The molecule has 2 rings (SSSR count). The first kappa shape index (κ1) is 18.9. The fraction of sp³-hybridized carbons (Fsp3) is 0.267. The van der Waals surface area contributed by atoms with Gasteiger partial charge in [-0.15, -0.1) is 11.3 Å². The molecule has 1 aromatic heterocycles. The van der Waals surface area contributed by atoms with E-state index >= 15 is 0 Å². The minimum absolute atomic E-state index is 0.159. The summed E-state index contributed by atoms with van der Waals surface area (Å²) in [5.74, 6) is -0.268. The average molecular weight is 389 g/mol. The number of nitrogens with one attached hydrogen (secondary N) is 2. The van der Waals surface area contributed by atoms with Crippen LogP contribution in [0.1, 0.15) is 6.42 Å². The van der Waals surface area contributed by atoms with Gasteiger partial charge in [0, 0.05) is 5.69 Å². The molecule has 0 aliphatic heterocycles. The molecule has 1 heterocycles. The van der Waals surface area contributed by atoms with E-state index in [1.807, 2.05) is 6.26 Å². The van der Waals surface area contributed by atoms with E-state index in [0.29, 0.717) is 17.9 Å². The van der Waals surface area contributed by atoms with Crippen LogP contribution in [0.15, 0.2) is 46.0 Å². The van der Waals surface area contributed by atoms with Gasteiger partial charge in [-0.1, -0.05) is 6.07 Å². The number of carbonyl (C=O) groups excluding carboxylic acids is 1. The van der Waals surface area contributed by atoms with E-state index in [4.69, 9.17) is 0 Å². The summed E-state index contributed by atoms with van der Waals surface area (Å²) in [4.78, 5) is 12.4. The summed E-state index contributed by atoms with van der Waals surface area (Å²) >= 11 is 2.60. The Hall–Kier alpha value is -1.42. The SMILES string of the molecule is CSCCC(NS(=O)(=O)c1cccs1)C(=O)Nc1ccc(F)cc1. The van der Waals surface area contributed by atoms with Gasteiger partial charge in [-0.3, -0.25) is 4.79 Å². The summed E-state index contributed by atoms with van der Waals surface area (Å²) in [5, 5.41) is 4.26. The van der Waals surface area contributed by atoms with Crippen molar-refractivity contribution in [1.82, 2.24) is 4.72 Å². The fourth-order valence-corrected chi connectivity index (χ4v) is 4.61. The Kier molecular flexibility index (Phi) is 6.79. The van der Waals surface area contributed by atoms with Crippen molar-refractivity contribution in [1.29, 1.82) is 0 Å². The van der Waals surface area contributed by atoms with E-state index < -0.39 is 27.8 Å². The van der Waals surface area contributed by atoms with Crippen molar-refractivity contribution in [3.63, 3.8) is 0 Å². The maximum absolute atomic E-state index is 12.9. The highest BCUT2D eigenvalue weighted by Gasteiger charge is 2.26. The summed E-state index contributed by atoms with van der Waals surface area (Å²) in [6.45, 7) is 0. The summed E-state index contributed by atoms with van der Waals surface area (Å²) in [6.07, 6.45) is 2.22. The molecule has 0 saturated heterocycles. The smallest absolute Gasteiger partial charge is 0.250 e. The molecule has 0 saturated carbocycles. The van der Waals surface area contributed by atoms with Gasteiger partial charge in [0.1, 0.15) is 16.1 Å². The van der Waals surface area contributed by atoms with E-state index in [-0.39, 0.29) is 4.21 Å². The van der Waals surface area contributed by atoms with Crippen LogP contribution in [-0.4, -0.2) is 32.4 Å². The minimum Gasteiger partial charge on any atom is -0.325 e. The van der Waals surface area contributed by atoms with Crippen molar-refractivity contribution in [3.05, 3.63) is 47.6 Å². The van der Waals surface area contributed by atoms with Gasteiger partial charge in [-0.25, -0.2) is 12.8 Å². The molecule has 1 aromatic carbocycles. The zero-order valence-corrected chi connectivity index (χ0v) is 15.3. The lowest BCUT2D eigenvalue weighted by atomic mass is 10.2. The first-order chi connectivity index (χ1) is 11.4. The lowest BCUT2D eigenvalue weighted by Gasteiger charge is -2.17. The van der Waals surface area contributed by atoms with Crippen LogP contribution < -0.4 is 10.0 Å². The number of sulfonamides is 1. The van der Waals surface area contributed by atoms with Crippen molar-refractivity contribution in [2.24, 2.45) is 0 Å². The number of carbonyl (C=O) groups is 1. The number of amides is 1. The number of hydrogen-bond donors (Lipinski definition) is 2. The van der Waals surface area contributed by atoms with Crippen LogP contribution in [0.5, 0.6) is 0 Å². The third-order valence-corrected chi connectivity index (χ3v) is 6.61. The number of rotatable bonds is 8. The quantitative estimate of drug-likeness (QED) is 0.729. The predicted molar refractivity (Wildman–Crippen MR) is 96.5 cm³/mol. The Morgan fingerprint density at radius 1 is 1.29 bits per heavy atom. The van der Waals surface area contributed by atoms with Crippen molar-refractivity contribution in [2.45, 2.75) is 16.7 Å². The van der Waals surface area contributed by atoms with Crippen LogP contribution in [0, 0.1) is 5.82 Å². The molecule has 0 radical (unpaired) electrons. The third kappa shape index (κ3) is 5.30. The van der Waals surface area contributed by atoms with Crippen LogP contribution in [-0.2, 0) is 14.8 Å². The maximum Gasteiger partial charge on any atom is 0.250 e. The highest BCUT2D eigenvalue weighted by Crippen LogP contribution is 2.17. The normalized spacial score (nSPS) is 12.8. The molecular weight excluding hydrogens is 371 g/mol. The topological polar surface area (TPSA) is 75.3 Å². The highest BCUT2D eigenvalue weighted by atomic mass is 32.2. The molecule has 0 aliphatic rings. The second-order valence-electron chi connectivity index (χ2n) is 4.88. The predicted octanol–water partition coefficient (Wildman–Crippen LogP) is 2.93. The standard InChI is InChI=1S/C15H17FN2O3S3/c1-22-10-8-13(18-24(20,21)14-3-2-9-23-14)15(19)17-12-6-4-11(16)5-7-12/h2-7,9,13,18H,8,10H2,1H3,(H,17,19). The molecule has 1 atom stereocenters. The summed E-state index contributed by atoms with van der Waals surface area (Å²) in [6, 6.07) is 7.50. The summed E-state index contributed by atoms with van der Waals surface area (Å²) in [7, 11) is -3.75. The van der Waals surface area contributed by atoms with E-state index in [0.717, 1.165) is 11.3 Å². The average Bonchev–Trinajstić information content (AvgIpc) is 3.09. The molecule has 24 heavy (non-hydrogen) atoms. The number of anilines is 1. The molecule has 0 spiro atoms. The molecular formula is C15H17FN2O3S3. The molecule has 5 nitrogen and oxygen atoms in total. The van der Waals surface area contributed by atoms with Crippen molar-refractivity contribution < 1.29 is 17.6 Å². The lowest BCUT2D eigenvalue weighted by Crippen LogP contribution is -2.43. The van der Waals surface area contributed by atoms with E-state index in [1.165, 1.54) is 42.1 Å². The third-order valence-electron chi connectivity index (χ3n) is 3.10. The molecule has 0 aliphatic carbocycles. The molecule has 9 heteroatoms. The molecule has 130 valence electrons. The first-order valence-electron chi connectivity index (χ1n) is 7.03. The van der Waals surface area contributed by atoms with Gasteiger partial charge in [-0.2, -0.15) is 16.5 Å². The Morgan fingerprint density at radius 2 is 2.00 bits per heavy atom. The number of thioether (sulfide) groups is 1. The van der Waals surface area contributed by atoms with Gasteiger partial charge in [0.25, 0.3) is 10.0 Å². The second kappa shape index (κ2) is 8.61. The molecule has 0 fully saturated rings.